The van der Waals surface area contributed by atoms with Crippen LogP contribution in [0.1, 0.15) is 41.5 Å². The van der Waals surface area contributed by atoms with Crippen LogP contribution < -0.4 is 0 Å². The molecule has 0 spiro atoms. The van der Waals surface area contributed by atoms with Crippen LogP contribution in [-0.4, -0.2) is 27.2 Å². The molecule has 6 heteroatoms. The molecule has 3 aromatic rings. The fourth-order valence-electron chi connectivity index (χ4n) is 3.00. The summed E-state index contributed by atoms with van der Waals surface area (Å²) in [5.41, 5.74) is 1.94. The fraction of sp³-hybridized carbons (Fsp3) is 0.278. The molecule has 24 heavy (non-hydrogen) atoms. The minimum Gasteiger partial charge on any atom is -0.356 e. The molecule has 3 heterocycles. The first kappa shape index (κ1) is 15.3. The summed E-state index contributed by atoms with van der Waals surface area (Å²) in [6, 6.07) is 8.87. The van der Waals surface area contributed by atoms with E-state index >= 15 is 0 Å². The van der Waals surface area contributed by atoms with Crippen molar-refractivity contribution in [3.8, 4) is 0 Å². The van der Waals surface area contributed by atoms with Gasteiger partial charge in [0, 0.05) is 23.8 Å². The first-order valence-electron chi connectivity index (χ1n) is 7.97. The Hall–Kier alpha value is -2.24. The third kappa shape index (κ3) is 2.81. The number of pyridine rings is 1. The van der Waals surface area contributed by atoms with Crippen molar-refractivity contribution in [3.05, 3.63) is 59.0 Å². The molecule has 1 saturated heterocycles. The lowest BCUT2D eigenvalue weighted by Crippen LogP contribution is -2.18. The smallest absolute Gasteiger partial charge is 0.211 e. The van der Waals surface area contributed by atoms with Gasteiger partial charge in [0.1, 0.15) is 5.69 Å². The van der Waals surface area contributed by atoms with Crippen molar-refractivity contribution in [3.63, 3.8) is 0 Å². The normalized spacial score (nSPS) is 18.0. The fourth-order valence-corrected chi connectivity index (χ4v) is 3.11. The van der Waals surface area contributed by atoms with E-state index in [1.165, 1.54) is 6.20 Å². The zero-order chi connectivity index (χ0) is 16.5. The van der Waals surface area contributed by atoms with Gasteiger partial charge in [0.05, 0.1) is 16.7 Å². The van der Waals surface area contributed by atoms with E-state index in [1.54, 1.807) is 18.3 Å². The molecule has 1 aromatic carbocycles. The summed E-state index contributed by atoms with van der Waals surface area (Å²) in [6.07, 6.45) is 6.45. The quantitative estimate of drug-likeness (QED) is 0.675. The number of rotatable bonds is 3. The largest absolute Gasteiger partial charge is 0.356 e. The van der Waals surface area contributed by atoms with Gasteiger partial charge in [-0.05, 0) is 49.6 Å². The number of carbonyl (C=O) groups excluding carboxylic acids is 1. The van der Waals surface area contributed by atoms with Gasteiger partial charge in [-0.15, -0.1) is 0 Å². The molecule has 1 aliphatic rings. The molecule has 1 atom stereocenters. The number of hydrogen-bond donors (Lipinski definition) is 0. The second-order valence-corrected chi connectivity index (χ2v) is 6.31. The summed E-state index contributed by atoms with van der Waals surface area (Å²) in [5, 5.41) is 5.88. The molecule has 4 rings (SSSR count). The van der Waals surface area contributed by atoms with Gasteiger partial charge in [-0.3, -0.25) is 9.78 Å². The Balaban J connectivity index is 1.66. The minimum atomic E-state index is -0.129. The molecule has 2 aromatic heterocycles. The van der Waals surface area contributed by atoms with E-state index in [4.69, 9.17) is 16.3 Å². The van der Waals surface area contributed by atoms with E-state index in [0.29, 0.717) is 16.3 Å². The molecule has 0 N–H and O–H groups in total. The standard InChI is InChI=1S/C18H16ClN3O2/c19-14-5-6-15(20-11-14)18(23)12-4-7-16-13(9-12)10-21-22(16)17-3-1-2-8-24-17/h4-7,9-11,17H,1-3,8H2. The minimum absolute atomic E-state index is 0.0178. The number of carbonyl (C=O) groups is 1. The highest BCUT2D eigenvalue weighted by atomic mass is 35.5. The summed E-state index contributed by atoms with van der Waals surface area (Å²) in [7, 11) is 0. The Bertz CT molecular complexity index is 883. The molecule has 1 aliphatic heterocycles. The maximum Gasteiger partial charge on any atom is 0.211 e. The van der Waals surface area contributed by atoms with Crippen LogP contribution >= 0.6 is 11.6 Å². The maximum atomic E-state index is 12.6. The number of fused-ring (bicyclic) bond motifs is 1. The summed E-state index contributed by atoms with van der Waals surface area (Å²) in [5.74, 6) is -0.129. The van der Waals surface area contributed by atoms with Crippen molar-refractivity contribution < 1.29 is 9.53 Å². The Morgan fingerprint density at radius 2 is 2.12 bits per heavy atom. The third-order valence-corrected chi connectivity index (χ3v) is 4.47. The maximum absolute atomic E-state index is 12.6. The van der Waals surface area contributed by atoms with Gasteiger partial charge in [0.25, 0.3) is 0 Å². The van der Waals surface area contributed by atoms with E-state index in [9.17, 15) is 4.79 Å². The molecule has 0 radical (unpaired) electrons. The highest BCUT2D eigenvalue weighted by Crippen LogP contribution is 2.27. The second kappa shape index (κ2) is 6.34. The molecule has 1 fully saturated rings. The number of benzene rings is 1. The highest BCUT2D eigenvalue weighted by Gasteiger charge is 2.19. The first-order valence-corrected chi connectivity index (χ1v) is 8.35. The topological polar surface area (TPSA) is 57.0 Å². The van der Waals surface area contributed by atoms with Gasteiger partial charge >= 0.3 is 0 Å². The number of hydrogen-bond acceptors (Lipinski definition) is 4. The Kier molecular flexibility index (Phi) is 4.04. The number of ether oxygens (including phenoxy) is 1. The zero-order valence-corrected chi connectivity index (χ0v) is 13.7. The summed E-state index contributed by atoms with van der Waals surface area (Å²) in [6.45, 7) is 0.769. The summed E-state index contributed by atoms with van der Waals surface area (Å²) < 4.78 is 7.71. The van der Waals surface area contributed by atoms with E-state index < -0.39 is 0 Å². The SMILES string of the molecule is O=C(c1ccc2c(cnn2C2CCCCO2)c1)c1ccc(Cl)cn1. The average molecular weight is 342 g/mol. The van der Waals surface area contributed by atoms with Crippen LogP contribution in [0.25, 0.3) is 10.9 Å². The van der Waals surface area contributed by atoms with Crippen LogP contribution in [-0.2, 0) is 4.74 Å². The lowest BCUT2D eigenvalue weighted by atomic mass is 10.1. The molecular formula is C18H16ClN3O2. The van der Waals surface area contributed by atoms with Gasteiger partial charge < -0.3 is 4.74 Å². The van der Waals surface area contributed by atoms with Crippen molar-refractivity contribution in [2.24, 2.45) is 0 Å². The molecule has 0 bridgehead atoms. The lowest BCUT2D eigenvalue weighted by molar-refractivity contribution is -0.0366. The molecular weight excluding hydrogens is 326 g/mol. The van der Waals surface area contributed by atoms with Crippen LogP contribution in [0.5, 0.6) is 0 Å². The number of ketones is 1. The van der Waals surface area contributed by atoms with Crippen LogP contribution in [0.2, 0.25) is 5.02 Å². The monoisotopic (exact) mass is 341 g/mol. The van der Waals surface area contributed by atoms with Gasteiger partial charge in [0.15, 0.2) is 6.23 Å². The van der Waals surface area contributed by atoms with Crippen LogP contribution in [0.15, 0.2) is 42.7 Å². The summed E-state index contributed by atoms with van der Waals surface area (Å²) >= 11 is 5.82. The molecule has 1 unspecified atom stereocenters. The van der Waals surface area contributed by atoms with Gasteiger partial charge in [-0.1, -0.05) is 11.6 Å². The van der Waals surface area contributed by atoms with Gasteiger partial charge in [-0.25, -0.2) is 4.68 Å². The molecule has 122 valence electrons. The summed E-state index contributed by atoms with van der Waals surface area (Å²) in [4.78, 5) is 16.6. The lowest BCUT2D eigenvalue weighted by Gasteiger charge is -2.23. The second-order valence-electron chi connectivity index (χ2n) is 5.87. The molecule has 5 nitrogen and oxygen atoms in total. The van der Waals surface area contributed by atoms with Crippen molar-refractivity contribution in [2.45, 2.75) is 25.5 Å². The zero-order valence-electron chi connectivity index (χ0n) is 13.0. The molecule has 0 aliphatic carbocycles. The van der Waals surface area contributed by atoms with E-state index in [-0.39, 0.29) is 12.0 Å². The van der Waals surface area contributed by atoms with Gasteiger partial charge in [-0.2, -0.15) is 5.10 Å². The van der Waals surface area contributed by atoms with Gasteiger partial charge in [0.2, 0.25) is 5.78 Å². The van der Waals surface area contributed by atoms with E-state index in [1.807, 2.05) is 22.9 Å². The van der Waals surface area contributed by atoms with Crippen molar-refractivity contribution >= 4 is 28.3 Å². The third-order valence-electron chi connectivity index (χ3n) is 4.25. The van der Waals surface area contributed by atoms with Crippen LogP contribution in [0.3, 0.4) is 0 Å². The number of aromatic nitrogens is 3. The Morgan fingerprint density at radius 1 is 1.21 bits per heavy atom. The Labute approximate surface area is 144 Å². The number of halogens is 1. The van der Waals surface area contributed by atoms with Crippen molar-refractivity contribution in [2.75, 3.05) is 6.61 Å². The molecule has 0 amide bonds. The number of nitrogens with zero attached hydrogens (tertiary/aromatic N) is 3. The Morgan fingerprint density at radius 3 is 2.88 bits per heavy atom. The van der Waals surface area contributed by atoms with E-state index in [0.717, 1.165) is 36.8 Å². The first-order chi connectivity index (χ1) is 11.7. The predicted molar refractivity (Wildman–Crippen MR) is 91.3 cm³/mol. The highest BCUT2D eigenvalue weighted by molar-refractivity contribution is 6.30. The predicted octanol–water partition coefficient (Wildman–Crippen LogP) is 4.01. The molecule has 0 saturated carbocycles. The van der Waals surface area contributed by atoms with Crippen molar-refractivity contribution in [1.82, 2.24) is 14.8 Å². The van der Waals surface area contributed by atoms with Crippen molar-refractivity contribution in [1.29, 1.82) is 0 Å². The van der Waals surface area contributed by atoms with E-state index in [2.05, 4.69) is 10.1 Å². The average Bonchev–Trinajstić information content (AvgIpc) is 3.05. The van der Waals surface area contributed by atoms with Crippen LogP contribution in [0.4, 0.5) is 0 Å². The van der Waals surface area contributed by atoms with Crippen LogP contribution in [0, 0.1) is 0 Å².